The van der Waals surface area contributed by atoms with Crippen LogP contribution in [0.15, 0.2) is 30.3 Å². The van der Waals surface area contributed by atoms with Gasteiger partial charge >= 0.3 is 5.97 Å². The molecule has 26 heavy (non-hydrogen) atoms. The molecule has 0 radical (unpaired) electrons. The highest BCUT2D eigenvalue weighted by Gasteiger charge is 2.54. The van der Waals surface area contributed by atoms with Gasteiger partial charge in [-0.15, -0.1) is 0 Å². The number of hydrogen-bond acceptors (Lipinski definition) is 6. The molecule has 5 rings (SSSR count). The SMILES string of the molecule is C[C@]12CC[C@H]3OC(=O)C[C@@H]3O[C@@H]1C[C@@H]1O[C@H](c3ccccc3)OC[C@H]1O2. The van der Waals surface area contributed by atoms with Crippen molar-refractivity contribution in [1.29, 1.82) is 0 Å². The predicted octanol–water partition coefficient (Wildman–Crippen LogP) is 2.51. The van der Waals surface area contributed by atoms with Crippen molar-refractivity contribution in [1.82, 2.24) is 0 Å². The maximum Gasteiger partial charge on any atom is 0.308 e. The summed E-state index contributed by atoms with van der Waals surface area (Å²) in [5.41, 5.74) is 0.612. The number of fused-ring (bicyclic) bond motifs is 3. The van der Waals surface area contributed by atoms with E-state index in [2.05, 4.69) is 6.92 Å². The Kier molecular flexibility index (Phi) is 4.05. The zero-order valence-electron chi connectivity index (χ0n) is 14.8. The summed E-state index contributed by atoms with van der Waals surface area (Å²) >= 11 is 0. The Morgan fingerprint density at radius 1 is 1.04 bits per heavy atom. The second kappa shape index (κ2) is 6.30. The van der Waals surface area contributed by atoms with E-state index in [1.165, 1.54) is 0 Å². The third-order valence-corrected chi connectivity index (χ3v) is 6.07. The zero-order valence-corrected chi connectivity index (χ0v) is 14.8. The van der Waals surface area contributed by atoms with Crippen molar-refractivity contribution >= 4 is 5.97 Å². The van der Waals surface area contributed by atoms with E-state index in [1.807, 2.05) is 30.3 Å². The minimum Gasteiger partial charge on any atom is -0.459 e. The Morgan fingerprint density at radius 2 is 1.88 bits per heavy atom. The Labute approximate surface area is 152 Å². The summed E-state index contributed by atoms with van der Waals surface area (Å²) in [4.78, 5) is 11.6. The lowest BCUT2D eigenvalue weighted by molar-refractivity contribution is -0.325. The second-order valence-electron chi connectivity index (χ2n) is 7.89. The molecule has 4 heterocycles. The number of carbonyl (C=O) groups is 1. The molecule has 0 amide bonds. The molecule has 7 atom stereocenters. The number of hydrogen-bond donors (Lipinski definition) is 0. The van der Waals surface area contributed by atoms with Gasteiger partial charge in [-0.1, -0.05) is 30.3 Å². The molecule has 6 nitrogen and oxygen atoms in total. The van der Waals surface area contributed by atoms with Gasteiger partial charge in [-0.3, -0.25) is 4.79 Å². The maximum atomic E-state index is 11.6. The first-order chi connectivity index (χ1) is 12.6. The minimum atomic E-state index is -0.399. The summed E-state index contributed by atoms with van der Waals surface area (Å²) in [6.45, 7) is 2.61. The summed E-state index contributed by atoms with van der Waals surface area (Å²) in [6, 6.07) is 9.95. The molecular formula is C20H24O6. The van der Waals surface area contributed by atoms with Crippen molar-refractivity contribution in [3.05, 3.63) is 35.9 Å². The lowest BCUT2D eigenvalue weighted by Crippen LogP contribution is -2.59. The van der Waals surface area contributed by atoms with Gasteiger partial charge in [-0.25, -0.2) is 0 Å². The van der Waals surface area contributed by atoms with E-state index in [0.29, 0.717) is 13.0 Å². The average molecular weight is 360 g/mol. The molecule has 4 saturated heterocycles. The van der Waals surface area contributed by atoms with Crippen LogP contribution in [0.2, 0.25) is 0 Å². The molecule has 4 aliphatic rings. The molecule has 0 spiro atoms. The standard InChI is InChI=1S/C20H24O6/c1-20-8-7-13-15(10-18(21)24-13)23-17(20)9-14-16(26-20)11-22-19(25-14)12-5-3-2-4-6-12/h2-6,13-17,19H,7-11H2,1H3/t13-,14+,15+,16-,17-,19-,20+/m1/s1. The van der Waals surface area contributed by atoms with E-state index in [1.54, 1.807) is 0 Å². The average Bonchev–Trinajstić information content (AvgIpc) is 2.94. The predicted molar refractivity (Wildman–Crippen MR) is 90.3 cm³/mol. The van der Waals surface area contributed by atoms with Crippen molar-refractivity contribution in [3.63, 3.8) is 0 Å². The van der Waals surface area contributed by atoms with Gasteiger partial charge in [0.25, 0.3) is 0 Å². The third-order valence-electron chi connectivity index (χ3n) is 6.07. The van der Waals surface area contributed by atoms with Crippen LogP contribution in [0.25, 0.3) is 0 Å². The molecule has 0 saturated carbocycles. The molecule has 4 fully saturated rings. The first-order valence-corrected chi connectivity index (χ1v) is 9.45. The fourth-order valence-electron chi connectivity index (χ4n) is 4.59. The van der Waals surface area contributed by atoms with E-state index in [0.717, 1.165) is 24.8 Å². The molecule has 0 bridgehead atoms. The van der Waals surface area contributed by atoms with E-state index in [4.69, 9.17) is 23.7 Å². The van der Waals surface area contributed by atoms with Gasteiger partial charge in [0.2, 0.25) is 0 Å². The van der Waals surface area contributed by atoms with Crippen LogP contribution in [0.5, 0.6) is 0 Å². The highest BCUT2D eigenvalue weighted by molar-refractivity contribution is 5.72. The van der Waals surface area contributed by atoms with Gasteiger partial charge in [0, 0.05) is 12.0 Å². The summed E-state index contributed by atoms with van der Waals surface area (Å²) in [5, 5.41) is 0. The zero-order chi connectivity index (χ0) is 17.7. The van der Waals surface area contributed by atoms with Crippen molar-refractivity contribution in [2.24, 2.45) is 0 Å². The van der Waals surface area contributed by atoms with Crippen LogP contribution in [0.1, 0.15) is 44.5 Å². The molecule has 0 unspecified atom stereocenters. The van der Waals surface area contributed by atoms with Crippen molar-refractivity contribution < 1.29 is 28.5 Å². The van der Waals surface area contributed by atoms with Crippen molar-refractivity contribution in [2.45, 2.75) is 75.0 Å². The highest BCUT2D eigenvalue weighted by atomic mass is 16.7. The quantitative estimate of drug-likeness (QED) is 0.717. The smallest absolute Gasteiger partial charge is 0.308 e. The lowest BCUT2D eigenvalue weighted by atomic mass is 9.84. The molecular weight excluding hydrogens is 336 g/mol. The lowest BCUT2D eigenvalue weighted by Gasteiger charge is -2.50. The second-order valence-corrected chi connectivity index (χ2v) is 7.89. The van der Waals surface area contributed by atoms with E-state index in [-0.39, 0.29) is 42.8 Å². The molecule has 0 N–H and O–H groups in total. The number of rotatable bonds is 1. The van der Waals surface area contributed by atoms with Crippen molar-refractivity contribution in [2.75, 3.05) is 6.61 Å². The van der Waals surface area contributed by atoms with E-state index >= 15 is 0 Å². The summed E-state index contributed by atoms with van der Waals surface area (Å²) in [6.07, 6.45) is 1.67. The Balaban J connectivity index is 1.33. The Morgan fingerprint density at radius 3 is 2.73 bits per heavy atom. The van der Waals surface area contributed by atoms with Crippen LogP contribution in [-0.4, -0.2) is 48.7 Å². The molecule has 1 aromatic carbocycles. The number of esters is 1. The first kappa shape index (κ1) is 16.7. The molecule has 0 aromatic heterocycles. The molecule has 140 valence electrons. The van der Waals surface area contributed by atoms with Gasteiger partial charge in [0.1, 0.15) is 18.3 Å². The van der Waals surface area contributed by atoms with Crippen molar-refractivity contribution in [3.8, 4) is 0 Å². The minimum absolute atomic E-state index is 0.0818. The van der Waals surface area contributed by atoms with Gasteiger partial charge < -0.3 is 23.7 Å². The van der Waals surface area contributed by atoms with Gasteiger partial charge in [0.05, 0.1) is 30.8 Å². The van der Waals surface area contributed by atoms with Crippen LogP contribution >= 0.6 is 0 Å². The van der Waals surface area contributed by atoms with Crippen LogP contribution in [0.3, 0.4) is 0 Å². The molecule has 4 aliphatic heterocycles. The van der Waals surface area contributed by atoms with Crippen LogP contribution in [0, 0.1) is 0 Å². The Bertz CT molecular complexity index is 678. The summed E-state index contributed by atoms with van der Waals surface area (Å²) in [7, 11) is 0. The third kappa shape index (κ3) is 2.85. The fraction of sp³-hybridized carbons (Fsp3) is 0.650. The normalized spacial score (nSPS) is 45.0. The number of carbonyl (C=O) groups excluding carboxylic acids is 1. The molecule has 0 aliphatic carbocycles. The number of benzene rings is 1. The van der Waals surface area contributed by atoms with Gasteiger partial charge in [-0.05, 0) is 19.8 Å². The van der Waals surface area contributed by atoms with E-state index in [9.17, 15) is 4.79 Å². The molecule has 1 aromatic rings. The topological polar surface area (TPSA) is 63.2 Å². The largest absolute Gasteiger partial charge is 0.459 e. The molecule has 6 heteroatoms. The van der Waals surface area contributed by atoms with Crippen LogP contribution < -0.4 is 0 Å². The maximum absolute atomic E-state index is 11.6. The van der Waals surface area contributed by atoms with E-state index < -0.39 is 5.60 Å². The Hall–Kier alpha value is -1.47. The van der Waals surface area contributed by atoms with Crippen LogP contribution in [-0.2, 0) is 28.5 Å². The first-order valence-electron chi connectivity index (χ1n) is 9.45. The fourth-order valence-corrected chi connectivity index (χ4v) is 4.59. The van der Waals surface area contributed by atoms with Gasteiger partial charge in [0.15, 0.2) is 6.29 Å². The monoisotopic (exact) mass is 360 g/mol. The number of ether oxygens (including phenoxy) is 5. The highest BCUT2D eigenvalue weighted by Crippen LogP contribution is 2.44. The van der Waals surface area contributed by atoms with Crippen LogP contribution in [0.4, 0.5) is 0 Å². The summed E-state index contributed by atoms with van der Waals surface area (Å²) in [5.74, 6) is -0.162. The summed E-state index contributed by atoms with van der Waals surface area (Å²) < 4.78 is 30.3. The van der Waals surface area contributed by atoms with Gasteiger partial charge in [-0.2, -0.15) is 0 Å².